The average Bonchev–Trinajstić information content (AvgIpc) is 2.34. The Kier molecular flexibility index (Phi) is 6.38. The first-order valence-electron chi connectivity index (χ1n) is 3.01. The van der Waals surface area contributed by atoms with Crippen LogP contribution in [0.5, 0.6) is 0 Å². The maximum atomic E-state index is 8.35. The van der Waals surface area contributed by atoms with E-state index in [1.54, 1.807) is 0 Å². The van der Waals surface area contributed by atoms with Gasteiger partial charge in [-0.25, -0.2) is 0 Å². The van der Waals surface area contributed by atoms with Crippen LogP contribution >= 0.6 is 0 Å². The third kappa shape index (κ3) is 3.54. The van der Waals surface area contributed by atoms with Crippen LogP contribution in [0.15, 0.2) is 24.3 Å². The molecule has 0 saturated heterocycles. The zero-order valence-corrected chi connectivity index (χ0v) is 8.16. The largest absolute Gasteiger partial charge is 1.00 e. The van der Waals surface area contributed by atoms with Crippen molar-refractivity contribution in [2.24, 2.45) is 0 Å². The van der Waals surface area contributed by atoms with Crippen molar-refractivity contribution in [3.63, 3.8) is 0 Å². The topological polar surface area (TPSA) is 29.5 Å². The van der Waals surface area contributed by atoms with Crippen molar-refractivity contribution in [1.82, 2.24) is 0 Å². The molecule has 0 spiro atoms. The summed E-state index contributed by atoms with van der Waals surface area (Å²) in [6.07, 6.45) is 7.84. The van der Waals surface area contributed by atoms with Crippen molar-refractivity contribution < 1.29 is 40.8 Å². The molecule has 0 amide bonds. The molecule has 0 heterocycles. The SMILES string of the molecule is OCCOC1C=CC=C1.[H-].[Na+]. The third-order valence-electron chi connectivity index (χ3n) is 1.11. The molecule has 0 bridgehead atoms. The molecular formula is C7H11NaO2. The van der Waals surface area contributed by atoms with Crippen molar-refractivity contribution in [2.45, 2.75) is 6.10 Å². The summed E-state index contributed by atoms with van der Waals surface area (Å²) in [4.78, 5) is 0. The Balaban J connectivity index is 0. The molecule has 0 atom stereocenters. The van der Waals surface area contributed by atoms with Gasteiger partial charge in [-0.1, -0.05) is 24.3 Å². The zero-order valence-electron chi connectivity index (χ0n) is 7.16. The van der Waals surface area contributed by atoms with Gasteiger partial charge >= 0.3 is 29.6 Å². The van der Waals surface area contributed by atoms with Gasteiger partial charge in [0.1, 0.15) is 0 Å². The standard InChI is InChI=1S/C7H10O2.Na.H/c8-5-6-9-7-3-1-2-4-7;;/h1-4,7-8H,5-6H2;;/q;+1;-1. The first kappa shape index (κ1) is 10.4. The summed E-state index contributed by atoms with van der Waals surface area (Å²) in [5.41, 5.74) is 0. The van der Waals surface area contributed by atoms with Gasteiger partial charge in [0.2, 0.25) is 0 Å². The van der Waals surface area contributed by atoms with Gasteiger partial charge in [-0.05, 0) is 0 Å². The number of rotatable bonds is 3. The van der Waals surface area contributed by atoms with E-state index in [0.29, 0.717) is 6.61 Å². The monoisotopic (exact) mass is 150 g/mol. The Morgan fingerprint density at radius 3 is 2.50 bits per heavy atom. The van der Waals surface area contributed by atoms with Crippen molar-refractivity contribution >= 4 is 0 Å². The maximum Gasteiger partial charge on any atom is 1.00 e. The molecule has 0 aromatic heterocycles. The van der Waals surface area contributed by atoms with E-state index < -0.39 is 0 Å². The van der Waals surface area contributed by atoms with Crippen molar-refractivity contribution in [3.05, 3.63) is 24.3 Å². The van der Waals surface area contributed by atoms with Crippen LogP contribution in [0.3, 0.4) is 0 Å². The fourth-order valence-electron chi connectivity index (χ4n) is 0.711. The molecule has 1 rings (SSSR count). The second kappa shape index (κ2) is 6.13. The Bertz CT molecular complexity index is 124. The summed E-state index contributed by atoms with van der Waals surface area (Å²) in [5.74, 6) is 0. The van der Waals surface area contributed by atoms with Gasteiger partial charge in [-0.15, -0.1) is 0 Å². The van der Waals surface area contributed by atoms with Crippen molar-refractivity contribution in [3.8, 4) is 0 Å². The molecule has 0 aliphatic heterocycles. The fourth-order valence-corrected chi connectivity index (χ4v) is 0.711. The smallest absolute Gasteiger partial charge is 1.00 e. The molecule has 0 radical (unpaired) electrons. The number of aliphatic hydroxyl groups excluding tert-OH is 1. The summed E-state index contributed by atoms with van der Waals surface area (Å²) < 4.78 is 5.13. The van der Waals surface area contributed by atoms with Gasteiger partial charge in [0.25, 0.3) is 0 Å². The number of allylic oxidation sites excluding steroid dienone is 2. The van der Waals surface area contributed by atoms with Crippen LogP contribution in [-0.4, -0.2) is 24.4 Å². The van der Waals surface area contributed by atoms with E-state index in [0.717, 1.165) is 0 Å². The summed E-state index contributed by atoms with van der Waals surface area (Å²) in [5, 5.41) is 8.35. The molecule has 0 fully saturated rings. The molecule has 1 N–H and O–H groups in total. The first-order chi connectivity index (χ1) is 4.43. The molecule has 52 valence electrons. The summed E-state index contributed by atoms with van der Waals surface area (Å²) in [6.45, 7) is 0.511. The molecule has 2 nitrogen and oxygen atoms in total. The van der Waals surface area contributed by atoms with E-state index >= 15 is 0 Å². The first-order valence-corrected chi connectivity index (χ1v) is 3.01. The average molecular weight is 150 g/mol. The summed E-state index contributed by atoms with van der Waals surface area (Å²) >= 11 is 0. The Labute approximate surface area is 84.3 Å². The van der Waals surface area contributed by atoms with Gasteiger partial charge in [0.15, 0.2) is 0 Å². The van der Waals surface area contributed by atoms with Gasteiger partial charge < -0.3 is 11.3 Å². The van der Waals surface area contributed by atoms with Crippen LogP contribution < -0.4 is 29.6 Å². The molecule has 10 heavy (non-hydrogen) atoms. The van der Waals surface area contributed by atoms with Gasteiger partial charge in [0.05, 0.1) is 19.3 Å². The quantitative estimate of drug-likeness (QED) is 0.455. The Morgan fingerprint density at radius 2 is 2.00 bits per heavy atom. The minimum absolute atomic E-state index is 0. The number of ether oxygens (including phenoxy) is 1. The van der Waals surface area contributed by atoms with E-state index in [4.69, 9.17) is 9.84 Å². The van der Waals surface area contributed by atoms with Gasteiger partial charge in [0, 0.05) is 0 Å². The van der Waals surface area contributed by atoms with Crippen LogP contribution in [0.2, 0.25) is 0 Å². The van der Waals surface area contributed by atoms with Crippen molar-refractivity contribution in [1.29, 1.82) is 0 Å². The summed E-state index contributed by atoms with van der Waals surface area (Å²) in [6, 6.07) is 0. The Hall–Kier alpha value is 0.400. The number of hydrogen-bond donors (Lipinski definition) is 1. The normalized spacial score (nSPS) is 15.7. The molecule has 1 aliphatic rings. The third-order valence-corrected chi connectivity index (χ3v) is 1.11. The minimum atomic E-state index is 0. The molecule has 1 aliphatic carbocycles. The molecular weight excluding hydrogens is 139 g/mol. The predicted octanol–water partition coefficient (Wildman–Crippen LogP) is -2.39. The van der Waals surface area contributed by atoms with Gasteiger partial charge in [-0.3, -0.25) is 0 Å². The van der Waals surface area contributed by atoms with Crippen LogP contribution in [0.1, 0.15) is 1.43 Å². The van der Waals surface area contributed by atoms with E-state index in [2.05, 4.69) is 0 Å². The molecule has 3 heteroatoms. The maximum absolute atomic E-state index is 8.35. The number of aliphatic hydroxyl groups is 1. The second-order valence-electron chi connectivity index (χ2n) is 1.83. The van der Waals surface area contributed by atoms with Gasteiger partial charge in [-0.2, -0.15) is 0 Å². The van der Waals surface area contributed by atoms with Crippen LogP contribution in [0.4, 0.5) is 0 Å². The minimum Gasteiger partial charge on any atom is -1.00 e. The molecule has 0 unspecified atom stereocenters. The fraction of sp³-hybridized carbons (Fsp3) is 0.429. The molecule has 0 saturated carbocycles. The predicted molar refractivity (Wildman–Crippen MR) is 36.2 cm³/mol. The van der Waals surface area contributed by atoms with Crippen molar-refractivity contribution in [2.75, 3.05) is 13.2 Å². The van der Waals surface area contributed by atoms with E-state index in [1.165, 1.54) is 0 Å². The van der Waals surface area contributed by atoms with Crippen LogP contribution in [-0.2, 0) is 4.74 Å². The Morgan fingerprint density at radius 1 is 1.40 bits per heavy atom. The second-order valence-corrected chi connectivity index (χ2v) is 1.83. The molecule has 0 aromatic carbocycles. The zero-order chi connectivity index (χ0) is 6.53. The number of hydrogen-bond acceptors (Lipinski definition) is 2. The van der Waals surface area contributed by atoms with E-state index in [1.807, 2.05) is 24.3 Å². The van der Waals surface area contributed by atoms with Crippen LogP contribution in [0.25, 0.3) is 0 Å². The van der Waals surface area contributed by atoms with E-state index in [9.17, 15) is 0 Å². The van der Waals surface area contributed by atoms with Crippen LogP contribution in [0, 0.1) is 0 Å². The molecule has 0 aromatic rings. The van der Waals surface area contributed by atoms with E-state index in [-0.39, 0.29) is 43.7 Å². The summed E-state index contributed by atoms with van der Waals surface area (Å²) in [7, 11) is 0.